The van der Waals surface area contributed by atoms with Crippen LogP contribution in [0.1, 0.15) is 61.0 Å². The van der Waals surface area contributed by atoms with Crippen LogP contribution in [-0.2, 0) is 4.79 Å². The second-order valence-corrected chi connectivity index (χ2v) is 9.18. The minimum Gasteiger partial charge on any atom is -0.545 e. The number of benzene rings is 3. The summed E-state index contributed by atoms with van der Waals surface area (Å²) in [5.74, 6) is -1.59. The van der Waals surface area contributed by atoms with Gasteiger partial charge in [0, 0.05) is 34.7 Å². The van der Waals surface area contributed by atoms with Gasteiger partial charge in [-0.25, -0.2) is 0 Å². The van der Waals surface area contributed by atoms with E-state index in [1.165, 1.54) is 6.07 Å². The van der Waals surface area contributed by atoms with Crippen LogP contribution >= 0.6 is 0 Å². The van der Waals surface area contributed by atoms with Crippen molar-refractivity contribution in [1.82, 2.24) is 0 Å². The summed E-state index contributed by atoms with van der Waals surface area (Å²) < 4.78 is 0. The molecule has 1 aliphatic rings. The van der Waals surface area contributed by atoms with E-state index in [0.717, 1.165) is 21.9 Å². The first kappa shape index (κ1) is 20.9. The Morgan fingerprint density at radius 1 is 1.00 bits per heavy atom. The Morgan fingerprint density at radius 2 is 1.68 bits per heavy atom. The zero-order valence-electron chi connectivity index (χ0n) is 18.1. The van der Waals surface area contributed by atoms with Crippen LogP contribution in [0, 0.1) is 5.41 Å². The number of nitrogens with two attached hydrogens (primary N) is 1. The maximum absolute atomic E-state index is 13.5. The molecule has 2 N–H and O–H groups in total. The lowest BCUT2D eigenvalue weighted by atomic mass is 9.68. The summed E-state index contributed by atoms with van der Waals surface area (Å²) in [4.78, 5) is 25.2. The van der Waals surface area contributed by atoms with E-state index in [1.54, 1.807) is 18.2 Å². The van der Waals surface area contributed by atoms with Gasteiger partial charge in [0.15, 0.2) is 5.78 Å². The summed E-state index contributed by atoms with van der Waals surface area (Å²) in [6, 6.07) is 18.6. The van der Waals surface area contributed by atoms with Gasteiger partial charge >= 0.3 is 0 Å². The van der Waals surface area contributed by atoms with Crippen LogP contribution in [0.15, 0.2) is 66.2 Å². The summed E-state index contributed by atoms with van der Waals surface area (Å²) in [6.07, 6.45) is 1.10. The number of aromatic carboxylic acids is 1. The van der Waals surface area contributed by atoms with E-state index < -0.39 is 11.9 Å². The maximum Gasteiger partial charge on any atom is 0.160 e. The Kier molecular flexibility index (Phi) is 5.18. The van der Waals surface area contributed by atoms with Gasteiger partial charge in [0.1, 0.15) is 0 Å². The fourth-order valence-electron chi connectivity index (χ4n) is 4.90. The van der Waals surface area contributed by atoms with E-state index in [9.17, 15) is 14.7 Å². The second-order valence-electron chi connectivity index (χ2n) is 9.18. The predicted molar refractivity (Wildman–Crippen MR) is 122 cm³/mol. The lowest BCUT2D eigenvalue weighted by Crippen LogP contribution is -2.29. The molecular formula is C27H26NO3-. The number of carbonyl (C=O) groups is 2. The number of carboxylic acid groups (broad SMARTS) is 1. The first-order valence-electron chi connectivity index (χ1n) is 10.5. The van der Waals surface area contributed by atoms with Crippen LogP contribution in [0.3, 0.4) is 0 Å². The molecule has 4 rings (SSSR count). The van der Waals surface area contributed by atoms with E-state index in [0.29, 0.717) is 29.7 Å². The molecule has 4 heteroatoms. The van der Waals surface area contributed by atoms with Crippen LogP contribution in [0.5, 0.6) is 0 Å². The molecule has 1 atom stereocenters. The topological polar surface area (TPSA) is 83.2 Å². The Hall–Kier alpha value is -3.40. The molecule has 1 aliphatic carbocycles. The van der Waals surface area contributed by atoms with Gasteiger partial charge in [0.05, 0.1) is 5.97 Å². The number of Topliss-reactive ketones (excluding diaryl/α,β-unsaturated/α-hetero) is 1. The molecule has 0 saturated heterocycles. The molecule has 0 amide bonds. The monoisotopic (exact) mass is 412 g/mol. The third-order valence-electron chi connectivity index (χ3n) is 6.26. The van der Waals surface area contributed by atoms with Gasteiger partial charge < -0.3 is 15.6 Å². The van der Waals surface area contributed by atoms with E-state index in [1.807, 2.05) is 43.3 Å². The number of hydrogen-bond acceptors (Lipinski definition) is 4. The zero-order valence-corrected chi connectivity index (χ0v) is 18.1. The largest absolute Gasteiger partial charge is 0.545 e. The number of rotatable bonds is 4. The predicted octanol–water partition coefficient (Wildman–Crippen LogP) is 4.73. The van der Waals surface area contributed by atoms with Gasteiger partial charge in [-0.3, -0.25) is 4.79 Å². The number of carbonyl (C=O) groups excluding carboxylic acids is 2. The van der Waals surface area contributed by atoms with Gasteiger partial charge in [-0.1, -0.05) is 75.4 Å². The van der Waals surface area contributed by atoms with Crippen molar-refractivity contribution in [2.45, 2.75) is 39.5 Å². The normalized spacial score (nSPS) is 17.1. The Morgan fingerprint density at radius 3 is 2.42 bits per heavy atom. The molecule has 0 heterocycles. The summed E-state index contributed by atoms with van der Waals surface area (Å²) in [5.41, 5.74) is 10.0. The molecule has 3 aromatic rings. The fourth-order valence-corrected chi connectivity index (χ4v) is 4.90. The smallest absolute Gasteiger partial charge is 0.160 e. The van der Waals surface area contributed by atoms with E-state index in [4.69, 9.17) is 5.73 Å². The maximum atomic E-state index is 13.5. The van der Waals surface area contributed by atoms with Gasteiger partial charge in [0.2, 0.25) is 0 Å². The molecule has 0 spiro atoms. The summed E-state index contributed by atoms with van der Waals surface area (Å²) in [6.45, 7) is 6.07. The van der Waals surface area contributed by atoms with Crippen molar-refractivity contribution in [3.63, 3.8) is 0 Å². The minimum absolute atomic E-state index is 0.0410. The van der Waals surface area contributed by atoms with Gasteiger partial charge in [-0.15, -0.1) is 0 Å². The molecule has 0 radical (unpaired) electrons. The average molecular weight is 413 g/mol. The van der Waals surface area contributed by atoms with Crippen LogP contribution in [0.4, 0.5) is 5.69 Å². The van der Waals surface area contributed by atoms with E-state index >= 15 is 0 Å². The quantitative estimate of drug-likeness (QED) is 0.628. The first-order chi connectivity index (χ1) is 14.7. The van der Waals surface area contributed by atoms with Gasteiger partial charge in [-0.05, 0) is 39.8 Å². The molecule has 31 heavy (non-hydrogen) atoms. The highest BCUT2D eigenvalue weighted by Crippen LogP contribution is 2.48. The highest BCUT2D eigenvalue weighted by atomic mass is 16.4. The lowest BCUT2D eigenvalue weighted by Gasteiger charge is -2.35. The first-order valence-corrected chi connectivity index (χ1v) is 10.5. The summed E-state index contributed by atoms with van der Waals surface area (Å²) >= 11 is 0. The molecule has 0 saturated carbocycles. The fraction of sp³-hybridized carbons (Fsp3) is 0.259. The molecule has 0 bridgehead atoms. The van der Waals surface area contributed by atoms with Crippen molar-refractivity contribution >= 4 is 33.8 Å². The van der Waals surface area contributed by atoms with Gasteiger partial charge in [-0.2, -0.15) is 0 Å². The van der Waals surface area contributed by atoms with Crippen molar-refractivity contribution in [1.29, 1.82) is 0 Å². The third kappa shape index (κ3) is 3.74. The van der Waals surface area contributed by atoms with Crippen molar-refractivity contribution in [2.24, 2.45) is 5.41 Å². The SMILES string of the molecule is C[C@@H](C1=C(c2c(N)ccc3ccccc23)CC(C)(C)CC1=O)c1ccccc1C(=O)[O-]. The Labute approximate surface area is 182 Å². The Bertz CT molecular complexity index is 1240. The second kappa shape index (κ2) is 7.69. The van der Waals surface area contributed by atoms with Crippen LogP contribution in [-0.4, -0.2) is 11.8 Å². The third-order valence-corrected chi connectivity index (χ3v) is 6.26. The number of ketones is 1. The molecule has 3 aromatic carbocycles. The summed E-state index contributed by atoms with van der Waals surface area (Å²) in [7, 11) is 0. The molecular weight excluding hydrogens is 386 g/mol. The number of hydrogen-bond donors (Lipinski definition) is 1. The van der Waals surface area contributed by atoms with Crippen LogP contribution in [0.25, 0.3) is 16.3 Å². The van der Waals surface area contributed by atoms with E-state index in [2.05, 4.69) is 13.8 Å². The molecule has 158 valence electrons. The zero-order chi connectivity index (χ0) is 22.3. The highest BCUT2D eigenvalue weighted by molar-refractivity contribution is 6.11. The lowest BCUT2D eigenvalue weighted by molar-refractivity contribution is -0.255. The molecule has 0 fully saturated rings. The molecule has 0 aliphatic heterocycles. The van der Waals surface area contributed by atoms with Gasteiger partial charge in [0.25, 0.3) is 0 Å². The highest BCUT2D eigenvalue weighted by Gasteiger charge is 2.37. The summed E-state index contributed by atoms with van der Waals surface area (Å²) in [5, 5.41) is 13.8. The standard InChI is InChI=1S/C27H27NO3/c1-16(18-9-6-7-11-20(18)26(30)31)24-21(14-27(2,3)15-23(24)29)25-19-10-5-4-8-17(19)12-13-22(25)28/h4-13,16H,14-15,28H2,1-3H3,(H,30,31)/p-1/t16-/m1/s1. The average Bonchev–Trinajstić information content (AvgIpc) is 2.72. The molecule has 0 unspecified atom stereocenters. The van der Waals surface area contributed by atoms with E-state index in [-0.39, 0.29) is 16.8 Å². The van der Waals surface area contributed by atoms with Crippen molar-refractivity contribution < 1.29 is 14.7 Å². The Balaban J connectivity index is 2.03. The molecule has 4 nitrogen and oxygen atoms in total. The number of carboxylic acids is 1. The van der Waals surface area contributed by atoms with Crippen molar-refractivity contribution in [3.8, 4) is 0 Å². The minimum atomic E-state index is -1.24. The number of anilines is 1. The van der Waals surface area contributed by atoms with Crippen molar-refractivity contribution in [2.75, 3.05) is 5.73 Å². The number of fused-ring (bicyclic) bond motifs is 1. The van der Waals surface area contributed by atoms with Crippen LogP contribution < -0.4 is 10.8 Å². The number of nitrogen functional groups attached to an aromatic ring is 1. The van der Waals surface area contributed by atoms with Crippen molar-refractivity contribution in [3.05, 3.63) is 82.9 Å². The molecule has 0 aromatic heterocycles. The van der Waals surface area contributed by atoms with Crippen LogP contribution in [0.2, 0.25) is 0 Å². The number of allylic oxidation sites excluding steroid dienone is 2.